The van der Waals surface area contributed by atoms with Crippen LogP contribution in [0.2, 0.25) is 0 Å². The van der Waals surface area contributed by atoms with Crippen LogP contribution in [0.1, 0.15) is 22.3 Å². The van der Waals surface area contributed by atoms with Gasteiger partial charge in [0.25, 0.3) is 5.91 Å². The van der Waals surface area contributed by atoms with Crippen molar-refractivity contribution in [2.24, 2.45) is 0 Å². The molecule has 1 unspecified atom stereocenters. The average molecular weight is 440 g/mol. The van der Waals surface area contributed by atoms with Gasteiger partial charge in [-0.3, -0.25) is 4.79 Å². The minimum absolute atomic E-state index is 0.0117. The highest BCUT2D eigenvalue weighted by molar-refractivity contribution is 7.91. The van der Waals surface area contributed by atoms with E-state index in [9.17, 15) is 13.2 Å². The van der Waals surface area contributed by atoms with E-state index < -0.39 is 9.84 Å². The first-order valence-electron chi connectivity index (χ1n) is 10.1. The molecule has 31 heavy (non-hydrogen) atoms. The van der Waals surface area contributed by atoms with E-state index in [4.69, 9.17) is 9.47 Å². The van der Waals surface area contributed by atoms with Gasteiger partial charge in [0.05, 0.1) is 25.7 Å². The third-order valence-electron chi connectivity index (χ3n) is 5.65. The number of benzene rings is 3. The maximum absolute atomic E-state index is 13.0. The quantitative estimate of drug-likeness (QED) is 0.655. The Kier molecular flexibility index (Phi) is 5.62. The van der Waals surface area contributed by atoms with Crippen LogP contribution < -0.4 is 14.8 Å². The molecule has 1 atom stereocenters. The van der Waals surface area contributed by atoms with Gasteiger partial charge in [-0.05, 0) is 59.5 Å². The number of methoxy groups -OCH3 is 2. The standard InChI is InChI=1S/C24H25NO5S/c1-15-4-6-16(7-5-15)20-11-18(24(26)25-19-8-9-31(27,28)14-19)10-17-12-22(29-2)23(30-3)13-21(17)20/h4-7,10-13,19H,8-9,14H2,1-3H3,(H,25,26). The van der Waals surface area contributed by atoms with Gasteiger partial charge in [0, 0.05) is 11.6 Å². The van der Waals surface area contributed by atoms with Gasteiger partial charge < -0.3 is 14.8 Å². The predicted octanol–water partition coefficient (Wildman–Crippen LogP) is 3.75. The van der Waals surface area contributed by atoms with Crippen LogP contribution in [0, 0.1) is 6.92 Å². The maximum Gasteiger partial charge on any atom is 0.251 e. The monoisotopic (exact) mass is 439 g/mol. The first-order valence-corrected chi connectivity index (χ1v) is 11.9. The molecule has 0 aromatic heterocycles. The largest absolute Gasteiger partial charge is 0.493 e. The SMILES string of the molecule is COc1cc2cc(C(=O)NC3CCS(=O)(=O)C3)cc(-c3ccc(C)cc3)c2cc1OC. The van der Waals surface area contributed by atoms with Crippen LogP contribution in [-0.2, 0) is 9.84 Å². The summed E-state index contributed by atoms with van der Waals surface area (Å²) in [6.07, 6.45) is 0.442. The number of nitrogens with one attached hydrogen (secondary N) is 1. The van der Waals surface area contributed by atoms with Crippen molar-refractivity contribution in [1.82, 2.24) is 5.32 Å². The lowest BCUT2D eigenvalue weighted by Gasteiger charge is -2.16. The molecule has 1 fully saturated rings. The summed E-state index contributed by atoms with van der Waals surface area (Å²) in [7, 11) is 0.0860. The zero-order chi connectivity index (χ0) is 22.2. The van der Waals surface area contributed by atoms with Crippen LogP contribution in [0.3, 0.4) is 0 Å². The smallest absolute Gasteiger partial charge is 0.251 e. The normalized spacial score (nSPS) is 17.5. The molecule has 0 bridgehead atoms. The molecule has 0 radical (unpaired) electrons. The van der Waals surface area contributed by atoms with Crippen LogP contribution in [0.25, 0.3) is 21.9 Å². The summed E-state index contributed by atoms with van der Waals surface area (Å²) in [4.78, 5) is 13.0. The van der Waals surface area contributed by atoms with E-state index in [0.29, 0.717) is 23.5 Å². The van der Waals surface area contributed by atoms with Gasteiger partial charge in [-0.25, -0.2) is 8.42 Å². The Balaban J connectivity index is 1.82. The van der Waals surface area contributed by atoms with Crippen LogP contribution in [0.4, 0.5) is 0 Å². The molecule has 0 spiro atoms. The van der Waals surface area contributed by atoms with Gasteiger partial charge in [-0.2, -0.15) is 0 Å². The number of carbonyl (C=O) groups is 1. The van der Waals surface area contributed by atoms with Gasteiger partial charge in [0.1, 0.15) is 0 Å². The molecule has 3 aromatic rings. The van der Waals surface area contributed by atoms with E-state index in [-0.39, 0.29) is 23.5 Å². The second-order valence-corrected chi connectivity index (χ2v) is 10.1. The fraction of sp³-hybridized carbons (Fsp3) is 0.292. The molecule has 1 amide bonds. The van der Waals surface area contributed by atoms with Gasteiger partial charge in [0.15, 0.2) is 21.3 Å². The zero-order valence-electron chi connectivity index (χ0n) is 17.8. The number of amides is 1. The molecule has 1 N–H and O–H groups in total. The predicted molar refractivity (Wildman–Crippen MR) is 122 cm³/mol. The summed E-state index contributed by atoms with van der Waals surface area (Å²) < 4.78 is 34.4. The third-order valence-corrected chi connectivity index (χ3v) is 7.42. The number of aryl methyl sites for hydroxylation is 1. The van der Waals surface area contributed by atoms with E-state index in [1.54, 1.807) is 20.3 Å². The van der Waals surface area contributed by atoms with E-state index in [1.807, 2.05) is 49.4 Å². The van der Waals surface area contributed by atoms with E-state index in [0.717, 1.165) is 27.5 Å². The summed E-state index contributed by atoms with van der Waals surface area (Å²) in [5.74, 6) is 0.997. The average Bonchev–Trinajstić information content (AvgIpc) is 3.10. The molecule has 6 nitrogen and oxygen atoms in total. The van der Waals surface area contributed by atoms with Crippen LogP contribution in [0.15, 0.2) is 48.5 Å². The number of rotatable bonds is 5. The first-order chi connectivity index (χ1) is 14.8. The fourth-order valence-corrected chi connectivity index (χ4v) is 5.64. The summed E-state index contributed by atoms with van der Waals surface area (Å²) in [6, 6.07) is 15.1. The number of sulfone groups is 1. The van der Waals surface area contributed by atoms with Gasteiger partial charge in [-0.15, -0.1) is 0 Å². The first kappa shape index (κ1) is 21.2. The van der Waals surface area contributed by atoms with Crippen molar-refractivity contribution in [2.45, 2.75) is 19.4 Å². The van der Waals surface area contributed by atoms with E-state index in [2.05, 4.69) is 5.32 Å². The van der Waals surface area contributed by atoms with Gasteiger partial charge in [0.2, 0.25) is 0 Å². The Hall–Kier alpha value is -3.06. The minimum atomic E-state index is -3.08. The molecule has 162 valence electrons. The molecule has 0 aliphatic carbocycles. The third kappa shape index (κ3) is 4.37. The minimum Gasteiger partial charge on any atom is -0.493 e. The van der Waals surface area contributed by atoms with Crippen LogP contribution in [-0.4, -0.2) is 46.1 Å². The lowest BCUT2D eigenvalue weighted by atomic mass is 9.94. The number of carbonyl (C=O) groups excluding carboxylic acids is 1. The van der Waals surface area contributed by atoms with E-state index >= 15 is 0 Å². The van der Waals surface area contributed by atoms with E-state index in [1.165, 1.54) is 0 Å². The summed E-state index contributed by atoms with van der Waals surface area (Å²) >= 11 is 0. The molecule has 1 heterocycles. The second-order valence-electron chi connectivity index (χ2n) is 7.89. The molecule has 1 aliphatic rings. The molecule has 1 saturated heterocycles. The summed E-state index contributed by atoms with van der Waals surface area (Å²) in [5.41, 5.74) is 3.48. The summed E-state index contributed by atoms with van der Waals surface area (Å²) in [5, 5.41) is 4.65. The molecular weight excluding hydrogens is 414 g/mol. The van der Waals surface area contributed by atoms with Gasteiger partial charge >= 0.3 is 0 Å². The van der Waals surface area contributed by atoms with Crippen molar-refractivity contribution in [2.75, 3.05) is 25.7 Å². The van der Waals surface area contributed by atoms with Crippen molar-refractivity contribution >= 4 is 26.5 Å². The molecule has 4 rings (SSSR count). The van der Waals surface area contributed by atoms with Crippen molar-refractivity contribution < 1.29 is 22.7 Å². The van der Waals surface area contributed by atoms with Gasteiger partial charge in [-0.1, -0.05) is 29.8 Å². The number of hydrogen-bond acceptors (Lipinski definition) is 5. The maximum atomic E-state index is 13.0. The molecule has 3 aromatic carbocycles. The Morgan fingerprint density at radius 2 is 1.68 bits per heavy atom. The number of ether oxygens (including phenoxy) is 2. The zero-order valence-corrected chi connectivity index (χ0v) is 18.6. The van der Waals surface area contributed by atoms with Crippen molar-refractivity contribution in [3.8, 4) is 22.6 Å². The topological polar surface area (TPSA) is 81.7 Å². The highest BCUT2D eigenvalue weighted by Crippen LogP contribution is 2.38. The lowest BCUT2D eigenvalue weighted by Crippen LogP contribution is -2.35. The van der Waals surface area contributed by atoms with Crippen molar-refractivity contribution in [3.05, 3.63) is 59.7 Å². The number of fused-ring (bicyclic) bond motifs is 1. The highest BCUT2D eigenvalue weighted by atomic mass is 32.2. The molecular formula is C24H25NO5S. The molecule has 1 aliphatic heterocycles. The Morgan fingerprint density at radius 3 is 2.29 bits per heavy atom. The fourth-order valence-electron chi connectivity index (χ4n) is 3.97. The Morgan fingerprint density at radius 1 is 1.00 bits per heavy atom. The Labute approximate surface area is 182 Å². The Bertz CT molecular complexity index is 1250. The lowest BCUT2D eigenvalue weighted by molar-refractivity contribution is 0.0941. The molecule has 7 heteroatoms. The molecule has 0 saturated carbocycles. The van der Waals surface area contributed by atoms with Crippen molar-refractivity contribution in [1.29, 1.82) is 0 Å². The highest BCUT2D eigenvalue weighted by Gasteiger charge is 2.29. The van der Waals surface area contributed by atoms with Crippen LogP contribution >= 0.6 is 0 Å². The van der Waals surface area contributed by atoms with Crippen molar-refractivity contribution in [3.63, 3.8) is 0 Å². The second kappa shape index (κ2) is 8.23. The summed E-state index contributed by atoms with van der Waals surface area (Å²) in [6.45, 7) is 2.02. The number of hydrogen-bond donors (Lipinski definition) is 1. The van der Waals surface area contributed by atoms with Crippen LogP contribution in [0.5, 0.6) is 11.5 Å².